The van der Waals surface area contributed by atoms with Crippen molar-refractivity contribution in [3.05, 3.63) is 70.2 Å². The van der Waals surface area contributed by atoms with Crippen LogP contribution in [0.1, 0.15) is 12.0 Å². The maximum absolute atomic E-state index is 12.4. The number of para-hydroxylation sites is 1. The quantitative estimate of drug-likeness (QED) is 0.504. The molecule has 0 N–H and O–H groups in total. The van der Waals surface area contributed by atoms with Crippen LogP contribution in [0.2, 0.25) is 10.0 Å². The summed E-state index contributed by atoms with van der Waals surface area (Å²) >= 11 is 11.8. The second kappa shape index (κ2) is 10.4. The normalized spacial score (nSPS) is 10.4. The molecule has 0 atom stereocenters. The number of carbonyl (C=O) groups is 2. The summed E-state index contributed by atoms with van der Waals surface area (Å²) in [6.45, 7) is -0.217. The predicted octanol–water partition coefficient (Wildman–Crippen LogP) is 4.50. The predicted molar refractivity (Wildman–Crippen MR) is 105 cm³/mol. The third kappa shape index (κ3) is 6.45. The van der Waals surface area contributed by atoms with Crippen LogP contribution in [0.5, 0.6) is 0 Å². The number of anilines is 1. The molecule has 2 aromatic rings. The molecule has 0 spiro atoms. The molecular formula is C20H16Cl2N2O3. The van der Waals surface area contributed by atoms with Gasteiger partial charge in [-0.3, -0.25) is 4.79 Å². The average molecular weight is 403 g/mol. The van der Waals surface area contributed by atoms with Gasteiger partial charge in [0.05, 0.1) is 12.5 Å². The van der Waals surface area contributed by atoms with E-state index in [-0.39, 0.29) is 13.0 Å². The van der Waals surface area contributed by atoms with Gasteiger partial charge in [0.25, 0.3) is 5.91 Å². The van der Waals surface area contributed by atoms with Gasteiger partial charge in [0.2, 0.25) is 0 Å². The lowest BCUT2D eigenvalue weighted by atomic mass is 10.2. The maximum Gasteiger partial charge on any atom is 0.331 e. The van der Waals surface area contributed by atoms with E-state index < -0.39 is 18.5 Å². The number of halogens is 2. The van der Waals surface area contributed by atoms with Crippen molar-refractivity contribution in [2.24, 2.45) is 0 Å². The summed E-state index contributed by atoms with van der Waals surface area (Å²) in [6, 6.07) is 15.8. The number of amides is 1. The van der Waals surface area contributed by atoms with Crippen molar-refractivity contribution in [3.8, 4) is 6.07 Å². The first-order valence-corrected chi connectivity index (χ1v) is 8.79. The van der Waals surface area contributed by atoms with E-state index >= 15 is 0 Å². The molecule has 0 saturated heterocycles. The Morgan fingerprint density at radius 1 is 1.15 bits per heavy atom. The number of hydrogen-bond acceptors (Lipinski definition) is 4. The lowest BCUT2D eigenvalue weighted by molar-refractivity contribution is -0.142. The molecule has 0 aliphatic heterocycles. The zero-order valence-corrected chi connectivity index (χ0v) is 15.8. The molecule has 0 unspecified atom stereocenters. The molecule has 138 valence electrons. The van der Waals surface area contributed by atoms with Crippen LogP contribution >= 0.6 is 23.2 Å². The van der Waals surface area contributed by atoms with Crippen LogP contribution in [-0.2, 0) is 14.3 Å². The van der Waals surface area contributed by atoms with E-state index in [1.807, 2.05) is 12.1 Å². The van der Waals surface area contributed by atoms with E-state index in [0.717, 1.165) is 0 Å². The van der Waals surface area contributed by atoms with Crippen LogP contribution in [0.4, 0.5) is 5.69 Å². The van der Waals surface area contributed by atoms with E-state index in [1.54, 1.807) is 42.5 Å². The second-order valence-electron chi connectivity index (χ2n) is 5.40. The molecule has 2 rings (SSSR count). The highest BCUT2D eigenvalue weighted by atomic mass is 35.5. The van der Waals surface area contributed by atoms with Crippen LogP contribution < -0.4 is 4.90 Å². The first-order chi connectivity index (χ1) is 13.0. The first-order valence-electron chi connectivity index (χ1n) is 8.03. The Hall–Kier alpha value is -2.81. The number of carbonyl (C=O) groups excluding carboxylic acids is 2. The molecule has 1 amide bonds. The van der Waals surface area contributed by atoms with Crippen molar-refractivity contribution >= 4 is 46.8 Å². The van der Waals surface area contributed by atoms with E-state index in [4.69, 9.17) is 33.2 Å². The zero-order chi connectivity index (χ0) is 19.6. The van der Waals surface area contributed by atoms with Crippen LogP contribution in [0.15, 0.2) is 54.6 Å². The maximum atomic E-state index is 12.4. The Kier molecular flexibility index (Phi) is 7.87. The average Bonchev–Trinajstić information content (AvgIpc) is 2.67. The monoisotopic (exact) mass is 402 g/mol. The number of rotatable bonds is 7. The van der Waals surface area contributed by atoms with E-state index in [9.17, 15) is 9.59 Å². The van der Waals surface area contributed by atoms with Crippen molar-refractivity contribution in [1.82, 2.24) is 0 Å². The van der Waals surface area contributed by atoms with Crippen LogP contribution in [0.25, 0.3) is 6.08 Å². The van der Waals surface area contributed by atoms with Gasteiger partial charge in [-0.25, -0.2) is 4.79 Å². The zero-order valence-electron chi connectivity index (χ0n) is 14.3. The largest absolute Gasteiger partial charge is 0.452 e. The summed E-state index contributed by atoms with van der Waals surface area (Å²) in [6.07, 6.45) is 2.84. The van der Waals surface area contributed by atoms with Crippen LogP contribution in [-0.4, -0.2) is 25.0 Å². The molecule has 27 heavy (non-hydrogen) atoms. The summed E-state index contributed by atoms with van der Waals surface area (Å²) in [5.41, 5.74) is 1.24. The molecule has 0 aromatic heterocycles. The van der Waals surface area contributed by atoms with Crippen molar-refractivity contribution in [2.75, 3.05) is 18.1 Å². The molecule has 7 heteroatoms. The van der Waals surface area contributed by atoms with Gasteiger partial charge in [-0.05, 0) is 35.9 Å². The van der Waals surface area contributed by atoms with Crippen molar-refractivity contribution < 1.29 is 14.3 Å². The molecule has 2 aromatic carbocycles. The lowest BCUT2D eigenvalue weighted by Crippen LogP contribution is -2.35. The van der Waals surface area contributed by atoms with Crippen molar-refractivity contribution in [3.63, 3.8) is 0 Å². The third-order valence-electron chi connectivity index (χ3n) is 3.52. The topological polar surface area (TPSA) is 70.4 Å². The highest BCUT2D eigenvalue weighted by Crippen LogP contribution is 2.22. The SMILES string of the molecule is N#CCCN(C(=O)COC(=O)/C=C/c1ccc(Cl)cc1Cl)c1ccccc1. The Morgan fingerprint density at radius 2 is 1.89 bits per heavy atom. The van der Waals surface area contributed by atoms with Gasteiger partial charge in [0.1, 0.15) is 0 Å². The molecule has 0 radical (unpaired) electrons. The van der Waals surface area contributed by atoms with E-state index in [0.29, 0.717) is 21.3 Å². The number of ether oxygens (including phenoxy) is 1. The van der Waals surface area contributed by atoms with Crippen LogP contribution in [0.3, 0.4) is 0 Å². The molecular weight excluding hydrogens is 387 g/mol. The fourth-order valence-corrected chi connectivity index (χ4v) is 2.69. The van der Waals surface area contributed by atoms with E-state index in [1.165, 1.54) is 17.1 Å². The summed E-state index contributed by atoms with van der Waals surface area (Å²) in [4.78, 5) is 25.7. The summed E-state index contributed by atoms with van der Waals surface area (Å²) in [7, 11) is 0. The molecule has 0 heterocycles. The second-order valence-corrected chi connectivity index (χ2v) is 6.24. The Labute approximate surface area is 167 Å². The highest BCUT2D eigenvalue weighted by molar-refractivity contribution is 6.35. The molecule has 0 saturated carbocycles. The number of nitriles is 1. The lowest BCUT2D eigenvalue weighted by Gasteiger charge is -2.21. The Bertz CT molecular complexity index is 877. The van der Waals surface area contributed by atoms with Gasteiger partial charge in [-0.15, -0.1) is 0 Å². The Morgan fingerprint density at radius 3 is 2.56 bits per heavy atom. The highest BCUT2D eigenvalue weighted by Gasteiger charge is 2.16. The van der Waals surface area contributed by atoms with E-state index in [2.05, 4.69) is 0 Å². The van der Waals surface area contributed by atoms with Gasteiger partial charge in [0.15, 0.2) is 6.61 Å². The fourth-order valence-electron chi connectivity index (χ4n) is 2.22. The molecule has 0 aliphatic carbocycles. The fraction of sp³-hybridized carbons (Fsp3) is 0.150. The number of esters is 1. The third-order valence-corrected chi connectivity index (χ3v) is 4.08. The summed E-state index contributed by atoms with van der Waals surface area (Å²) in [5, 5.41) is 9.67. The van der Waals surface area contributed by atoms with Crippen molar-refractivity contribution in [1.29, 1.82) is 5.26 Å². The summed E-state index contributed by atoms with van der Waals surface area (Å²) in [5.74, 6) is -1.09. The molecule has 0 bridgehead atoms. The van der Waals surface area contributed by atoms with Gasteiger partial charge in [-0.2, -0.15) is 5.26 Å². The van der Waals surface area contributed by atoms with Gasteiger partial charge < -0.3 is 9.64 Å². The minimum absolute atomic E-state index is 0.170. The van der Waals surface area contributed by atoms with Crippen molar-refractivity contribution in [2.45, 2.75) is 6.42 Å². The van der Waals surface area contributed by atoms with Crippen LogP contribution in [0, 0.1) is 11.3 Å². The van der Waals surface area contributed by atoms with Gasteiger partial charge in [-0.1, -0.05) is 47.5 Å². The number of hydrogen-bond donors (Lipinski definition) is 0. The molecule has 0 fully saturated rings. The minimum Gasteiger partial charge on any atom is -0.452 e. The smallest absolute Gasteiger partial charge is 0.331 e. The number of benzene rings is 2. The molecule has 0 aliphatic rings. The standard InChI is InChI=1S/C20H16Cl2N2O3/c21-16-9-7-15(18(22)13-16)8-10-20(26)27-14-19(25)24(12-4-11-23)17-5-2-1-3-6-17/h1-3,5-10,13H,4,12,14H2/b10-8+. The molecule has 5 nitrogen and oxygen atoms in total. The number of nitrogens with zero attached hydrogens (tertiary/aromatic N) is 2. The van der Waals surface area contributed by atoms with Gasteiger partial charge >= 0.3 is 5.97 Å². The van der Waals surface area contributed by atoms with Gasteiger partial charge in [0, 0.05) is 28.4 Å². The summed E-state index contributed by atoms with van der Waals surface area (Å²) < 4.78 is 5.00. The minimum atomic E-state index is -0.678. The Balaban J connectivity index is 1.96. The first kappa shape index (κ1) is 20.5.